The number of benzene rings is 3. The summed E-state index contributed by atoms with van der Waals surface area (Å²) in [4.78, 5) is 30.5. The van der Waals surface area contributed by atoms with Crippen LogP contribution in [0.3, 0.4) is 0 Å². The van der Waals surface area contributed by atoms with Gasteiger partial charge in [0.05, 0.1) is 44.0 Å². The number of aromatic hydroxyl groups is 1. The Morgan fingerprint density at radius 1 is 0.818 bits per heavy atom. The monoisotopic (exact) mass is 444 g/mol. The molecule has 0 aliphatic carbocycles. The van der Waals surface area contributed by atoms with E-state index >= 15 is 0 Å². The molecule has 0 aromatic heterocycles. The van der Waals surface area contributed by atoms with Crippen LogP contribution in [0, 0.1) is 0 Å². The van der Waals surface area contributed by atoms with Crippen molar-refractivity contribution in [3.63, 3.8) is 0 Å². The van der Waals surface area contributed by atoms with Gasteiger partial charge in [-0.25, -0.2) is 4.90 Å². The van der Waals surface area contributed by atoms with Crippen molar-refractivity contribution in [2.24, 2.45) is 0 Å². The molecule has 2 N–H and O–H groups in total. The van der Waals surface area contributed by atoms with Crippen molar-refractivity contribution in [1.82, 2.24) is 0 Å². The number of anilines is 2. The molecule has 0 saturated carbocycles. The number of rotatable bonds is 5. The Bertz CT molecular complexity index is 1140. The number of carbonyl (C=O) groups is 2. The number of quaternary nitrogens is 1. The fraction of sp³-hybridized carbons (Fsp3) is 0.231. The Balaban J connectivity index is 1.24. The predicted octanol–water partition coefficient (Wildman–Crippen LogP) is 2.22. The summed E-state index contributed by atoms with van der Waals surface area (Å²) in [6, 6.07) is 23.4. The maximum Gasteiger partial charge on any atom is 0.292 e. The average molecular weight is 445 g/mol. The molecule has 2 fully saturated rings. The van der Waals surface area contributed by atoms with Gasteiger partial charge in [0.15, 0.2) is 6.04 Å². The number of imide groups is 1. The number of hydrogen-bond acceptors (Lipinski definition) is 5. The fourth-order valence-electron chi connectivity index (χ4n) is 4.62. The molecule has 0 bridgehead atoms. The van der Waals surface area contributed by atoms with E-state index in [4.69, 9.17) is 4.74 Å². The van der Waals surface area contributed by atoms with E-state index in [-0.39, 0.29) is 30.0 Å². The van der Waals surface area contributed by atoms with Crippen molar-refractivity contribution >= 4 is 23.2 Å². The lowest BCUT2D eigenvalue weighted by Gasteiger charge is -2.35. The first-order valence-electron chi connectivity index (χ1n) is 11.2. The van der Waals surface area contributed by atoms with Crippen LogP contribution >= 0.6 is 0 Å². The van der Waals surface area contributed by atoms with Gasteiger partial charge < -0.3 is 19.6 Å². The highest BCUT2D eigenvalue weighted by molar-refractivity contribution is 6.21. The van der Waals surface area contributed by atoms with Gasteiger partial charge in [-0.05, 0) is 48.5 Å². The quantitative estimate of drug-likeness (QED) is 0.591. The molecule has 0 radical (unpaired) electrons. The van der Waals surface area contributed by atoms with Crippen LogP contribution in [0.15, 0.2) is 78.9 Å². The Labute approximate surface area is 192 Å². The molecule has 7 nitrogen and oxygen atoms in total. The Kier molecular flexibility index (Phi) is 5.71. The van der Waals surface area contributed by atoms with Gasteiger partial charge in [-0.15, -0.1) is 0 Å². The van der Waals surface area contributed by atoms with E-state index in [9.17, 15) is 14.7 Å². The fourth-order valence-corrected chi connectivity index (χ4v) is 4.62. The molecule has 1 atom stereocenters. The first kappa shape index (κ1) is 21.0. The van der Waals surface area contributed by atoms with Gasteiger partial charge in [0.25, 0.3) is 5.91 Å². The number of amides is 2. The molecular weight excluding hydrogens is 418 g/mol. The lowest BCUT2D eigenvalue weighted by atomic mass is 10.1. The zero-order valence-electron chi connectivity index (χ0n) is 18.2. The van der Waals surface area contributed by atoms with Gasteiger partial charge in [-0.2, -0.15) is 0 Å². The summed E-state index contributed by atoms with van der Waals surface area (Å²) < 4.78 is 5.81. The predicted molar refractivity (Wildman–Crippen MR) is 125 cm³/mol. The Morgan fingerprint density at radius 2 is 1.45 bits per heavy atom. The van der Waals surface area contributed by atoms with Crippen molar-refractivity contribution in [2.75, 3.05) is 36.0 Å². The summed E-state index contributed by atoms with van der Waals surface area (Å²) in [6.07, 6.45) is 0.215. The highest BCUT2D eigenvalue weighted by atomic mass is 16.5. The minimum atomic E-state index is -0.371. The number of piperazine rings is 1. The van der Waals surface area contributed by atoms with Crippen molar-refractivity contribution in [2.45, 2.75) is 12.5 Å². The lowest BCUT2D eigenvalue weighted by molar-refractivity contribution is -0.915. The standard InChI is InChI=1S/C26H25N3O4/c30-24-9-5-4-8-22(24)27-14-16-28(17-15-27)23-18-25(31)29(26(23)32)19-10-12-21(13-11-19)33-20-6-2-1-3-7-20/h1-13,23,30H,14-18H2/p+1/t23-/m1/s1. The first-order valence-corrected chi connectivity index (χ1v) is 11.2. The average Bonchev–Trinajstić information content (AvgIpc) is 3.14. The SMILES string of the molecule is O=C1C[C@@H]([NH+]2CCN(c3ccccc3O)CC2)C(=O)N1c1ccc(Oc2ccccc2)cc1. The van der Waals surface area contributed by atoms with E-state index in [0.29, 0.717) is 11.4 Å². The third-order valence-corrected chi connectivity index (χ3v) is 6.34. The van der Waals surface area contributed by atoms with E-state index in [0.717, 1.165) is 42.5 Å². The molecular formula is C26H26N3O4+. The molecule has 2 amide bonds. The molecule has 2 aliphatic heterocycles. The van der Waals surface area contributed by atoms with Crippen molar-refractivity contribution < 1.29 is 24.3 Å². The minimum absolute atomic E-state index is 0.150. The van der Waals surface area contributed by atoms with E-state index < -0.39 is 0 Å². The molecule has 2 saturated heterocycles. The third-order valence-electron chi connectivity index (χ3n) is 6.34. The molecule has 2 heterocycles. The summed E-state index contributed by atoms with van der Waals surface area (Å²) >= 11 is 0. The molecule has 7 heteroatoms. The van der Waals surface area contributed by atoms with Crippen LogP contribution in [0.2, 0.25) is 0 Å². The second-order valence-corrected chi connectivity index (χ2v) is 8.37. The van der Waals surface area contributed by atoms with Crippen LogP contribution < -0.4 is 19.4 Å². The number of nitrogens with zero attached hydrogens (tertiary/aromatic N) is 2. The summed E-state index contributed by atoms with van der Waals surface area (Å²) in [5, 5.41) is 10.1. The van der Waals surface area contributed by atoms with Crippen LogP contribution in [-0.2, 0) is 9.59 Å². The molecule has 33 heavy (non-hydrogen) atoms. The molecule has 5 rings (SSSR count). The topological polar surface area (TPSA) is 74.5 Å². The van der Waals surface area contributed by atoms with Crippen LogP contribution in [0.1, 0.15) is 6.42 Å². The van der Waals surface area contributed by atoms with Crippen LogP contribution in [-0.4, -0.2) is 49.1 Å². The highest BCUT2D eigenvalue weighted by Crippen LogP contribution is 2.28. The number of phenols is 1. The number of phenolic OH excluding ortho intramolecular Hbond substituents is 1. The normalized spacial score (nSPS) is 19.2. The molecule has 3 aromatic carbocycles. The summed E-state index contributed by atoms with van der Waals surface area (Å²) in [5.41, 5.74) is 1.38. The second kappa shape index (κ2) is 8.96. The maximum absolute atomic E-state index is 13.2. The number of nitrogens with one attached hydrogen (secondary N) is 1. The van der Waals surface area contributed by atoms with E-state index in [2.05, 4.69) is 4.90 Å². The maximum atomic E-state index is 13.2. The van der Waals surface area contributed by atoms with Crippen molar-refractivity contribution in [3.8, 4) is 17.2 Å². The van der Waals surface area contributed by atoms with Crippen molar-refractivity contribution in [1.29, 1.82) is 0 Å². The Hall–Kier alpha value is -3.84. The second-order valence-electron chi connectivity index (χ2n) is 8.37. The van der Waals surface area contributed by atoms with E-state index in [1.807, 2.05) is 42.5 Å². The summed E-state index contributed by atoms with van der Waals surface area (Å²) in [7, 11) is 0. The largest absolute Gasteiger partial charge is 0.506 e. The van der Waals surface area contributed by atoms with Gasteiger partial charge in [-0.3, -0.25) is 9.59 Å². The molecule has 3 aromatic rings. The lowest BCUT2D eigenvalue weighted by Crippen LogP contribution is -3.19. The van der Waals surface area contributed by atoms with Gasteiger partial charge in [-0.1, -0.05) is 30.3 Å². The smallest absolute Gasteiger partial charge is 0.292 e. The van der Waals surface area contributed by atoms with Crippen LogP contribution in [0.4, 0.5) is 11.4 Å². The Morgan fingerprint density at radius 3 is 2.15 bits per heavy atom. The first-order chi connectivity index (χ1) is 16.1. The summed E-state index contributed by atoms with van der Waals surface area (Å²) in [6.45, 7) is 2.90. The minimum Gasteiger partial charge on any atom is -0.506 e. The van der Waals surface area contributed by atoms with Gasteiger partial charge in [0.2, 0.25) is 5.91 Å². The van der Waals surface area contributed by atoms with E-state index in [1.165, 1.54) is 4.90 Å². The summed E-state index contributed by atoms with van der Waals surface area (Å²) in [5.74, 6) is 1.32. The number of ether oxygens (including phenoxy) is 1. The van der Waals surface area contributed by atoms with Crippen molar-refractivity contribution in [3.05, 3.63) is 78.9 Å². The highest BCUT2D eigenvalue weighted by Gasteiger charge is 2.46. The molecule has 0 spiro atoms. The van der Waals surface area contributed by atoms with Gasteiger partial charge in [0.1, 0.15) is 17.2 Å². The zero-order chi connectivity index (χ0) is 22.8. The van der Waals surface area contributed by atoms with Gasteiger partial charge in [0, 0.05) is 0 Å². The number of carbonyl (C=O) groups excluding carboxylic acids is 2. The third kappa shape index (κ3) is 4.27. The van der Waals surface area contributed by atoms with Crippen LogP contribution in [0.5, 0.6) is 17.2 Å². The zero-order valence-corrected chi connectivity index (χ0v) is 18.2. The molecule has 0 unspecified atom stereocenters. The molecule has 168 valence electrons. The number of hydrogen-bond donors (Lipinski definition) is 2. The van der Waals surface area contributed by atoms with Gasteiger partial charge >= 0.3 is 0 Å². The molecule has 2 aliphatic rings. The number of para-hydroxylation sites is 3. The van der Waals surface area contributed by atoms with Crippen LogP contribution in [0.25, 0.3) is 0 Å². The van der Waals surface area contributed by atoms with E-state index in [1.54, 1.807) is 36.4 Å².